The molecule has 1 aliphatic rings. The van der Waals surface area contributed by atoms with E-state index in [-0.39, 0.29) is 16.1 Å². The van der Waals surface area contributed by atoms with E-state index in [9.17, 15) is 13.0 Å². The van der Waals surface area contributed by atoms with Gasteiger partial charge in [-0.2, -0.15) is 32.1 Å². The second-order valence-electron chi connectivity index (χ2n) is 15.6. The molecule has 0 spiro atoms. The summed E-state index contributed by atoms with van der Waals surface area (Å²) in [6, 6.07) is 7.56. The molecule has 0 unspecified atom stereocenters. The third-order valence-corrected chi connectivity index (χ3v) is 18.6. The highest BCUT2D eigenvalue weighted by atomic mass is 32.3. The normalized spacial score (nSPS) is 13.7. The van der Waals surface area contributed by atoms with Gasteiger partial charge in [-0.15, -0.1) is 44.4 Å². The van der Waals surface area contributed by atoms with Gasteiger partial charge in [-0.05, 0) is 101 Å². The summed E-state index contributed by atoms with van der Waals surface area (Å²) in [5, 5.41) is 29.2. The van der Waals surface area contributed by atoms with E-state index in [1.54, 1.807) is 39.0 Å². The van der Waals surface area contributed by atoms with Gasteiger partial charge in [0.1, 0.15) is 32.5 Å². The van der Waals surface area contributed by atoms with Crippen molar-refractivity contribution in [2.24, 2.45) is 20.5 Å². The van der Waals surface area contributed by atoms with Crippen LogP contribution in [0.5, 0.6) is 11.5 Å². The molecule has 0 saturated heterocycles. The highest BCUT2D eigenvalue weighted by molar-refractivity contribution is 7.99. The zero-order valence-electron chi connectivity index (χ0n) is 38.6. The molecule has 68 heavy (non-hydrogen) atoms. The Morgan fingerprint density at radius 3 is 1.69 bits per heavy atom. The Balaban J connectivity index is 1.24. The van der Waals surface area contributed by atoms with Gasteiger partial charge in [-0.1, -0.05) is 42.4 Å². The van der Waals surface area contributed by atoms with Crippen molar-refractivity contribution >= 4 is 157 Å². The number of rotatable bonds is 19. The predicted octanol–water partition coefficient (Wildman–Crippen LogP) is 13.8. The number of hydrogen-bond acceptors (Lipinski definition) is 23. The zero-order valence-corrected chi connectivity index (χ0v) is 44.4. The van der Waals surface area contributed by atoms with Crippen molar-refractivity contribution in [3.8, 4) is 11.5 Å². The summed E-state index contributed by atoms with van der Waals surface area (Å²) in [6.45, 7) is 14.8. The maximum Gasteiger partial charge on any atom is 0.304 e. The highest BCUT2D eigenvalue weighted by Gasteiger charge is 2.25. The molecule has 18 nitrogen and oxygen atoms in total. The van der Waals surface area contributed by atoms with Crippen molar-refractivity contribution in [2.45, 2.75) is 92.5 Å². The van der Waals surface area contributed by atoms with Crippen LogP contribution >= 0.6 is 70.1 Å². The number of hydrogen-bond donors (Lipinski definition) is 4. The molecule has 1 aliphatic carbocycles. The molecule has 8 rings (SSSR count). The van der Waals surface area contributed by atoms with Crippen LogP contribution < -0.4 is 29.9 Å². The van der Waals surface area contributed by atoms with Crippen LogP contribution in [0.25, 0.3) is 20.4 Å². The van der Waals surface area contributed by atoms with E-state index in [0.717, 1.165) is 93.0 Å². The van der Waals surface area contributed by atoms with Crippen molar-refractivity contribution in [2.75, 3.05) is 60.8 Å². The van der Waals surface area contributed by atoms with E-state index in [1.807, 2.05) is 25.1 Å². The van der Waals surface area contributed by atoms with Gasteiger partial charge in [0.05, 0.1) is 52.0 Å². The van der Waals surface area contributed by atoms with Crippen LogP contribution in [0, 0.1) is 13.8 Å². The smallest absolute Gasteiger partial charge is 0.304 e. The zero-order chi connectivity index (χ0) is 48.3. The minimum atomic E-state index is -4.46. The molecule has 2 aromatic carbocycles. The van der Waals surface area contributed by atoms with Crippen LogP contribution in [0.2, 0.25) is 0 Å². The first-order valence-corrected chi connectivity index (χ1v) is 27.9. The number of methoxy groups -OCH3 is 2. The Morgan fingerprint density at radius 1 is 0.735 bits per heavy atom. The number of nitrogens with zero attached hydrogens (tertiary/aromatic N) is 11. The fourth-order valence-electron chi connectivity index (χ4n) is 7.96. The van der Waals surface area contributed by atoms with Crippen molar-refractivity contribution in [1.82, 2.24) is 23.7 Å². The van der Waals surface area contributed by atoms with Gasteiger partial charge in [0, 0.05) is 43.6 Å². The van der Waals surface area contributed by atoms with Gasteiger partial charge in [-0.25, -0.2) is 0 Å². The lowest BCUT2D eigenvalue weighted by molar-refractivity contribution is 0.414. The molecule has 0 bridgehead atoms. The Kier molecular flexibility index (Phi) is 15.7. The summed E-state index contributed by atoms with van der Waals surface area (Å²) in [4.78, 5) is 20.6. The number of aryl methyl sites for hydroxylation is 2. The van der Waals surface area contributed by atoms with Crippen molar-refractivity contribution in [3.05, 3.63) is 35.4 Å². The molecule has 1 saturated carbocycles. The van der Waals surface area contributed by atoms with Gasteiger partial charge in [-0.3, -0.25) is 4.55 Å². The lowest BCUT2D eigenvalue weighted by Gasteiger charge is -2.25. The van der Waals surface area contributed by atoms with Crippen LogP contribution in [-0.4, -0.2) is 82.3 Å². The predicted molar refractivity (Wildman–Crippen MR) is 282 cm³/mol. The number of nitrogens with one attached hydrogen (secondary N) is 2. The Hall–Kier alpha value is -4.76. The van der Waals surface area contributed by atoms with Gasteiger partial charge < -0.3 is 29.9 Å². The minimum Gasteiger partial charge on any atom is -0.494 e. The van der Waals surface area contributed by atoms with E-state index in [1.165, 1.54) is 29.3 Å². The van der Waals surface area contributed by atoms with Gasteiger partial charge in [0.15, 0.2) is 19.4 Å². The Labute approximate surface area is 420 Å². The fourth-order valence-corrected chi connectivity index (χ4v) is 14.2. The molecule has 360 valence electrons. The quantitative estimate of drug-likeness (QED) is 0.0336. The summed E-state index contributed by atoms with van der Waals surface area (Å²) >= 11 is 11.0. The maximum atomic E-state index is 12.2. The molecule has 0 atom stereocenters. The number of anilines is 6. The molecule has 0 aliphatic heterocycles. The van der Waals surface area contributed by atoms with Crippen LogP contribution in [0.15, 0.2) is 58.3 Å². The summed E-state index contributed by atoms with van der Waals surface area (Å²) in [5.74, 6) is 1.73. The SMILES string of the molecule is CCN(CC)c1cc(Nc2nc(Nc3cc(N(CC)CC)c(OC)cc3/N=N/c3snc4sc(S(=O)(=O)O)c(C)c34)nc(SC3CCCCC3)n2)c(/N=N/c2snc3sc(S)c(C)c23)cc1OC. The Morgan fingerprint density at radius 2 is 1.22 bits per heavy atom. The van der Waals surface area contributed by atoms with E-state index < -0.39 is 10.1 Å². The minimum absolute atomic E-state index is 0.177. The molecule has 25 heteroatoms. The summed E-state index contributed by atoms with van der Waals surface area (Å²) < 4.78 is 55.8. The first kappa shape index (κ1) is 49.7. The second kappa shape index (κ2) is 21.5. The molecule has 7 aromatic rings. The maximum absolute atomic E-state index is 12.2. The average molecular weight is 1050 g/mol. The van der Waals surface area contributed by atoms with Crippen LogP contribution in [-0.2, 0) is 10.1 Å². The number of thiophene rings is 2. The number of fused-ring (bicyclic) bond motifs is 2. The van der Waals surface area contributed by atoms with E-state index in [2.05, 4.69) is 74.6 Å². The number of ether oxygens (including phenoxy) is 2. The van der Waals surface area contributed by atoms with E-state index >= 15 is 0 Å². The van der Waals surface area contributed by atoms with Gasteiger partial charge >= 0.3 is 10.1 Å². The fraction of sp³-hybridized carbons (Fsp3) is 0.419. The lowest BCUT2D eigenvalue weighted by Crippen LogP contribution is -2.22. The molecule has 5 heterocycles. The first-order valence-electron chi connectivity index (χ1n) is 21.9. The lowest BCUT2D eigenvalue weighted by atomic mass is 10.0. The van der Waals surface area contributed by atoms with E-state index in [4.69, 9.17) is 39.8 Å². The molecule has 3 N–H and O–H groups in total. The van der Waals surface area contributed by atoms with Crippen molar-refractivity contribution in [1.29, 1.82) is 0 Å². The number of azo groups is 2. The largest absolute Gasteiger partial charge is 0.494 e. The van der Waals surface area contributed by atoms with Gasteiger partial charge in [0.25, 0.3) is 0 Å². The van der Waals surface area contributed by atoms with Crippen molar-refractivity contribution < 1.29 is 22.4 Å². The van der Waals surface area contributed by atoms with Crippen LogP contribution in [0.1, 0.15) is 70.9 Å². The molecule has 0 amide bonds. The van der Waals surface area contributed by atoms with E-state index in [0.29, 0.717) is 83.5 Å². The molecule has 5 aromatic heterocycles. The first-order chi connectivity index (χ1) is 32.8. The third kappa shape index (κ3) is 10.5. The standard InChI is InChI=1S/C43H51N13O5S7/c1-9-55(10-2)29-18-25(27(20-31(29)60-7)49-51-35-33-22(5)39(62)64-37(33)53-66-35)44-41-46-42(48-43(47-41)63-24-16-14-13-15-17-24)45-26-19-30(56(11-3)12-4)32(61-8)21-28(26)50-52-36-34-23(6)40(68(57,58)59)65-38(34)54-67-36/h18-21,24,62H,9-17H2,1-8H3,(H,57,58,59)(H2,44,45,46,47,48)/b51-49+,52-50+. The number of benzene rings is 2. The number of thioether (sulfide) groups is 1. The van der Waals surface area contributed by atoms with Crippen molar-refractivity contribution in [3.63, 3.8) is 0 Å². The second-order valence-corrected chi connectivity index (χ2v) is 22.7. The van der Waals surface area contributed by atoms with Gasteiger partial charge in [0.2, 0.25) is 11.9 Å². The number of aromatic nitrogens is 5. The third-order valence-electron chi connectivity index (χ3n) is 11.5. The molecular formula is C43H51N13O5S7. The monoisotopic (exact) mass is 1050 g/mol. The average Bonchev–Trinajstić information content (AvgIpc) is 4.08. The Bertz CT molecular complexity index is 3120. The summed E-state index contributed by atoms with van der Waals surface area (Å²) in [7, 11) is -1.21. The molecule has 1 fully saturated rings. The topological polar surface area (TPSA) is 217 Å². The summed E-state index contributed by atoms with van der Waals surface area (Å²) in [5.41, 5.74) is 5.05. The van der Waals surface area contributed by atoms with Crippen LogP contribution in [0.3, 0.4) is 0 Å². The molecular weight excluding hydrogens is 1000 g/mol. The summed E-state index contributed by atoms with van der Waals surface area (Å²) in [6.07, 6.45) is 5.59. The molecule has 0 radical (unpaired) electrons. The van der Waals surface area contributed by atoms with Crippen LogP contribution in [0.4, 0.5) is 56.0 Å². The highest BCUT2D eigenvalue weighted by Crippen LogP contribution is 2.47. The number of thiol groups is 1.